The molecular formula is C14H16F2O4. The van der Waals surface area contributed by atoms with Crippen LogP contribution < -0.4 is 4.74 Å². The lowest BCUT2D eigenvalue weighted by molar-refractivity contribution is -0.158. The first kappa shape index (κ1) is 16.1. The Labute approximate surface area is 115 Å². The first-order valence-electron chi connectivity index (χ1n) is 6.07. The second-order valence-corrected chi connectivity index (χ2v) is 4.63. The maximum absolute atomic E-state index is 13.3. The molecule has 0 fully saturated rings. The maximum atomic E-state index is 13.3. The minimum atomic E-state index is -1.38. The van der Waals surface area contributed by atoms with Crippen LogP contribution in [0.5, 0.6) is 5.75 Å². The summed E-state index contributed by atoms with van der Waals surface area (Å²) in [7, 11) is 0. The van der Waals surface area contributed by atoms with Gasteiger partial charge < -0.3 is 9.47 Å². The summed E-state index contributed by atoms with van der Waals surface area (Å²) in [5, 5.41) is 0. The number of ether oxygens (including phenoxy) is 2. The van der Waals surface area contributed by atoms with Crippen LogP contribution in [0.15, 0.2) is 18.2 Å². The molecule has 4 nitrogen and oxygen atoms in total. The summed E-state index contributed by atoms with van der Waals surface area (Å²) in [6, 6.07) is 2.74. The van der Waals surface area contributed by atoms with Gasteiger partial charge in [0.1, 0.15) is 17.8 Å². The van der Waals surface area contributed by atoms with Gasteiger partial charge in [-0.1, -0.05) is 0 Å². The first-order chi connectivity index (χ1) is 9.28. The summed E-state index contributed by atoms with van der Waals surface area (Å²) in [5.74, 6) is -3.13. The van der Waals surface area contributed by atoms with Crippen LogP contribution in [-0.2, 0) is 14.3 Å². The van der Waals surface area contributed by atoms with E-state index in [9.17, 15) is 18.4 Å². The van der Waals surface area contributed by atoms with E-state index in [4.69, 9.17) is 9.47 Å². The number of carbonyl (C=O) groups is 2. The van der Waals surface area contributed by atoms with Crippen LogP contribution in [0.1, 0.15) is 20.8 Å². The summed E-state index contributed by atoms with van der Waals surface area (Å²) in [5.41, 5.74) is -1.38. The van der Waals surface area contributed by atoms with Crippen molar-refractivity contribution >= 4 is 11.8 Å². The fourth-order valence-corrected chi connectivity index (χ4v) is 1.34. The minimum absolute atomic E-state index is 0.156. The lowest BCUT2D eigenvalue weighted by Gasteiger charge is -2.20. The van der Waals surface area contributed by atoms with Gasteiger partial charge in [0.2, 0.25) is 0 Å². The molecule has 0 bridgehead atoms. The molecule has 0 unspecified atom stereocenters. The predicted molar refractivity (Wildman–Crippen MR) is 67.3 cm³/mol. The number of benzene rings is 1. The highest BCUT2D eigenvalue weighted by molar-refractivity contribution is 6.03. The van der Waals surface area contributed by atoms with Crippen LogP contribution in [-0.4, -0.2) is 25.0 Å². The normalized spacial score (nSPS) is 11.1. The van der Waals surface area contributed by atoms with Crippen molar-refractivity contribution in [2.75, 3.05) is 13.2 Å². The highest BCUT2D eigenvalue weighted by atomic mass is 19.1. The quantitative estimate of drug-likeness (QED) is 0.595. The summed E-state index contributed by atoms with van der Waals surface area (Å²) in [6.45, 7) is 4.08. The number of hydrogen-bond donors (Lipinski definition) is 0. The average Bonchev–Trinajstić information content (AvgIpc) is 2.37. The predicted octanol–water partition coefficient (Wildman–Crippen LogP) is 2.50. The third-order valence-corrected chi connectivity index (χ3v) is 2.74. The maximum Gasteiger partial charge on any atom is 0.319 e. The molecule has 0 spiro atoms. The molecule has 0 aliphatic carbocycles. The smallest absolute Gasteiger partial charge is 0.319 e. The van der Waals surface area contributed by atoms with Gasteiger partial charge in [-0.3, -0.25) is 9.59 Å². The van der Waals surface area contributed by atoms with E-state index in [1.54, 1.807) is 6.92 Å². The van der Waals surface area contributed by atoms with Gasteiger partial charge in [0.15, 0.2) is 17.3 Å². The topological polar surface area (TPSA) is 52.6 Å². The van der Waals surface area contributed by atoms with Gasteiger partial charge in [-0.25, -0.2) is 8.78 Å². The monoisotopic (exact) mass is 286 g/mol. The molecule has 0 radical (unpaired) electrons. The fourth-order valence-electron chi connectivity index (χ4n) is 1.34. The third-order valence-electron chi connectivity index (χ3n) is 2.74. The number of halogens is 2. The Morgan fingerprint density at radius 1 is 1.25 bits per heavy atom. The van der Waals surface area contributed by atoms with Crippen molar-refractivity contribution in [3.05, 3.63) is 29.8 Å². The third kappa shape index (κ3) is 3.76. The Kier molecular flexibility index (Phi) is 5.19. The lowest BCUT2D eigenvalue weighted by Crippen LogP contribution is -2.38. The van der Waals surface area contributed by atoms with Crippen LogP contribution in [0.3, 0.4) is 0 Å². The molecule has 0 saturated carbocycles. The Hall–Kier alpha value is -1.98. The Morgan fingerprint density at radius 3 is 2.45 bits per heavy atom. The molecule has 1 aromatic rings. The highest BCUT2D eigenvalue weighted by Gasteiger charge is 2.37. The number of hydrogen-bond acceptors (Lipinski definition) is 4. The molecule has 0 saturated heterocycles. The van der Waals surface area contributed by atoms with E-state index in [2.05, 4.69) is 0 Å². The van der Waals surface area contributed by atoms with Gasteiger partial charge in [-0.2, -0.15) is 0 Å². The van der Waals surface area contributed by atoms with E-state index in [1.807, 2.05) is 0 Å². The van der Waals surface area contributed by atoms with Gasteiger partial charge in [-0.15, -0.1) is 0 Å². The minimum Gasteiger partial charge on any atom is -0.483 e. The molecule has 110 valence electrons. The van der Waals surface area contributed by atoms with E-state index in [1.165, 1.54) is 13.8 Å². The van der Waals surface area contributed by atoms with Crippen molar-refractivity contribution in [2.24, 2.45) is 5.41 Å². The SMILES string of the molecule is CCOC(=O)C(C)(C)C(=O)COc1ccc(F)cc1F. The standard InChI is InChI=1S/C14H16F2O4/c1-4-19-13(18)14(2,3)12(17)8-20-11-6-5-9(15)7-10(11)16/h5-7H,4,8H2,1-3H3. The van der Waals surface area contributed by atoms with Crippen molar-refractivity contribution in [3.63, 3.8) is 0 Å². The average molecular weight is 286 g/mol. The molecule has 0 N–H and O–H groups in total. The van der Waals surface area contributed by atoms with Gasteiger partial charge in [0, 0.05) is 6.07 Å². The zero-order valence-electron chi connectivity index (χ0n) is 11.5. The molecule has 0 heterocycles. The van der Waals surface area contributed by atoms with Crippen molar-refractivity contribution in [1.82, 2.24) is 0 Å². The second-order valence-electron chi connectivity index (χ2n) is 4.63. The van der Waals surface area contributed by atoms with Crippen molar-refractivity contribution < 1.29 is 27.8 Å². The number of rotatable bonds is 6. The van der Waals surface area contributed by atoms with Gasteiger partial charge in [0.25, 0.3) is 0 Å². The molecule has 0 aliphatic heterocycles. The number of esters is 1. The second kappa shape index (κ2) is 6.45. The molecular weight excluding hydrogens is 270 g/mol. The van der Waals surface area contributed by atoms with E-state index >= 15 is 0 Å². The molecule has 0 amide bonds. The van der Waals surface area contributed by atoms with E-state index in [0.717, 1.165) is 12.1 Å². The van der Waals surface area contributed by atoms with Crippen molar-refractivity contribution in [1.29, 1.82) is 0 Å². The number of ketones is 1. The summed E-state index contributed by atoms with van der Waals surface area (Å²) < 4.78 is 35.8. The van der Waals surface area contributed by atoms with E-state index in [-0.39, 0.29) is 12.4 Å². The van der Waals surface area contributed by atoms with E-state index in [0.29, 0.717) is 6.07 Å². The Balaban J connectivity index is 2.69. The van der Waals surface area contributed by atoms with Crippen molar-refractivity contribution in [3.8, 4) is 5.75 Å². The van der Waals surface area contributed by atoms with Gasteiger partial charge in [0.05, 0.1) is 6.61 Å². The van der Waals surface area contributed by atoms with Crippen LogP contribution in [0.4, 0.5) is 8.78 Å². The largest absolute Gasteiger partial charge is 0.483 e. The zero-order chi connectivity index (χ0) is 15.3. The lowest BCUT2D eigenvalue weighted by atomic mass is 9.88. The van der Waals surface area contributed by atoms with E-state index < -0.39 is 35.4 Å². The summed E-state index contributed by atoms with van der Waals surface area (Å²) >= 11 is 0. The number of carbonyl (C=O) groups excluding carboxylic acids is 2. The Morgan fingerprint density at radius 2 is 1.90 bits per heavy atom. The summed E-state index contributed by atoms with van der Waals surface area (Å²) in [4.78, 5) is 23.5. The van der Waals surface area contributed by atoms with Crippen LogP contribution in [0.2, 0.25) is 0 Å². The zero-order valence-corrected chi connectivity index (χ0v) is 11.5. The summed E-state index contributed by atoms with van der Waals surface area (Å²) in [6.07, 6.45) is 0. The molecule has 1 aromatic carbocycles. The number of Topliss-reactive ketones (excluding diaryl/α,β-unsaturated/α-hetero) is 1. The van der Waals surface area contributed by atoms with Crippen molar-refractivity contribution in [2.45, 2.75) is 20.8 Å². The van der Waals surface area contributed by atoms with Gasteiger partial charge >= 0.3 is 5.97 Å². The molecule has 0 atom stereocenters. The molecule has 0 aliphatic rings. The van der Waals surface area contributed by atoms with Crippen LogP contribution in [0.25, 0.3) is 0 Å². The highest BCUT2D eigenvalue weighted by Crippen LogP contribution is 2.22. The van der Waals surface area contributed by atoms with Crippen LogP contribution in [0, 0.1) is 17.0 Å². The van der Waals surface area contributed by atoms with Gasteiger partial charge in [-0.05, 0) is 32.9 Å². The molecule has 1 rings (SSSR count). The first-order valence-corrected chi connectivity index (χ1v) is 6.07. The molecule has 6 heteroatoms. The molecule has 0 aromatic heterocycles. The fraction of sp³-hybridized carbons (Fsp3) is 0.429. The Bertz CT molecular complexity index is 512. The molecule has 20 heavy (non-hydrogen) atoms. The van der Waals surface area contributed by atoms with Crippen LogP contribution >= 0.6 is 0 Å².